The molecule has 2 heteroatoms. The molecule has 0 saturated heterocycles. The zero-order valence-electron chi connectivity index (χ0n) is 8.69. The maximum absolute atomic E-state index is 11.1. The maximum Gasteiger partial charge on any atom is 0.158 e. The molecule has 0 fully saturated rings. The molecular formula is C12H16O2. The van der Waals surface area contributed by atoms with Crippen LogP contribution in [0, 0.1) is 0 Å². The third-order valence-electron chi connectivity index (χ3n) is 2.28. The van der Waals surface area contributed by atoms with Gasteiger partial charge in [-0.15, -0.1) is 0 Å². The van der Waals surface area contributed by atoms with Gasteiger partial charge in [0.2, 0.25) is 0 Å². The van der Waals surface area contributed by atoms with Crippen molar-refractivity contribution in [2.45, 2.75) is 25.9 Å². The first-order chi connectivity index (χ1) is 6.74. The molecule has 1 unspecified atom stereocenters. The van der Waals surface area contributed by atoms with Gasteiger partial charge < -0.3 is 4.74 Å². The largest absolute Gasteiger partial charge is 0.374 e. The van der Waals surface area contributed by atoms with Crippen molar-refractivity contribution in [1.29, 1.82) is 0 Å². The average molecular weight is 192 g/mol. The lowest BCUT2D eigenvalue weighted by molar-refractivity contribution is -0.126. The minimum absolute atomic E-state index is 0.100. The van der Waals surface area contributed by atoms with Gasteiger partial charge >= 0.3 is 0 Å². The average Bonchev–Trinajstić information content (AvgIpc) is 2.20. The first kappa shape index (κ1) is 10.9. The Morgan fingerprint density at radius 2 is 2.00 bits per heavy atom. The van der Waals surface area contributed by atoms with Crippen molar-refractivity contribution in [1.82, 2.24) is 0 Å². The Hall–Kier alpha value is -1.15. The van der Waals surface area contributed by atoms with Crippen LogP contribution >= 0.6 is 0 Å². The molecule has 0 spiro atoms. The van der Waals surface area contributed by atoms with Crippen LogP contribution in [-0.4, -0.2) is 19.0 Å². The topological polar surface area (TPSA) is 26.3 Å². The van der Waals surface area contributed by atoms with Gasteiger partial charge in [-0.05, 0) is 25.3 Å². The van der Waals surface area contributed by atoms with Crippen LogP contribution in [0.15, 0.2) is 30.3 Å². The van der Waals surface area contributed by atoms with E-state index in [1.807, 2.05) is 18.2 Å². The van der Waals surface area contributed by atoms with Crippen LogP contribution < -0.4 is 0 Å². The second-order valence-corrected chi connectivity index (χ2v) is 3.36. The van der Waals surface area contributed by atoms with Crippen LogP contribution in [0.2, 0.25) is 0 Å². The summed E-state index contributed by atoms with van der Waals surface area (Å²) < 4.78 is 5.08. The highest BCUT2D eigenvalue weighted by Gasteiger charge is 2.11. The molecular weight excluding hydrogens is 176 g/mol. The predicted octanol–water partition coefficient (Wildman–Crippen LogP) is 2.22. The maximum atomic E-state index is 11.1. The van der Waals surface area contributed by atoms with Gasteiger partial charge in [-0.25, -0.2) is 0 Å². The summed E-state index contributed by atoms with van der Waals surface area (Å²) in [5.74, 6) is 0.100. The van der Waals surface area contributed by atoms with Gasteiger partial charge in [0.25, 0.3) is 0 Å². The summed E-state index contributed by atoms with van der Waals surface area (Å²) in [6.07, 6.45) is 1.39. The zero-order valence-corrected chi connectivity index (χ0v) is 8.69. The van der Waals surface area contributed by atoms with E-state index in [-0.39, 0.29) is 11.9 Å². The summed E-state index contributed by atoms with van der Waals surface area (Å²) in [6, 6.07) is 10.1. The van der Waals surface area contributed by atoms with Crippen LogP contribution in [0.5, 0.6) is 0 Å². The van der Waals surface area contributed by atoms with Crippen molar-refractivity contribution >= 4 is 5.78 Å². The number of carbonyl (C=O) groups excluding carboxylic acids is 1. The Bertz CT molecular complexity index is 280. The number of Topliss-reactive ketones (excluding diaryl/α,β-unsaturated/α-hetero) is 1. The molecule has 0 saturated carbocycles. The molecule has 1 aromatic rings. The van der Waals surface area contributed by atoms with Crippen molar-refractivity contribution in [2.75, 3.05) is 7.11 Å². The van der Waals surface area contributed by atoms with Crippen LogP contribution in [-0.2, 0) is 16.0 Å². The normalized spacial score (nSPS) is 12.4. The number of rotatable bonds is 5. The third kappa shape index (κ3) is 3.30. The monoisotopic (exact) mass is 192 g/mol. The number of hydrogen-bond acceptors (Lipinski definition) is 2. The molecule has 1 rings (SSSR count). The van der Waals surface area contributed by atoms with Gasteiger partial charge in [-0.3, -0.25) is 4.79 Å². The van der Waals surface area contributed by atoms with Gasteiger partial charge in [0, 0.05) is 7.11 Å². The molecule has 0 N–H and O–H groups in total. The molecule has 14 heavy (non-hydrogen) atoms. The number of benzene rings is 1. The molecule has 0 aromatic heterocycles. The standard InChI is InChI=1S/C12H16O2/c1-10(13)12(14-2)9-8-11-6-4-3-5-7-11/h3-7,12H,8-9H2,1-2H3. The Morgan fingerprint density at radius 1 is 1.36 bits per heavy atom. The van der Waals surface area contributed by atoms with E-state index in [1.54, 1.807) is 14.0 Å². The fourth-order valence-corrected chi connectivity index (χ4v) is 1.43. The molecule has 2 nitrogen and oxygen atoms in total. The summed E-state index contributed by atoms with van der Waals surface area (Å²) in [7, 11) is 1.58. The van der Waals surface area contributed by atoms with Crippen molar-refractivity contribution < 1.29 is 9.53 Å². The number of ketones is 1. The van der Waals surface area contributed by atoms with Gasteiger partial charge in [0.1, 0.15) is 6.10 Å². The third-order valence-corrected chi connectivity index (χ3v) is 2.28. The minimum Gasteiger partial charge on any atom is -0.374 e. The summed E-state index contributed by atoms with van der Waals surface area (Å²) in [5.41, 5.74) is 1.25. The minimum atomic E-state index is -0.254. The number of aryl methyl sites for hydroxylation is 1. The Labute approximate surface area is 84.9 Å². The first-order valence-corrected chi connectivity index (χ1v) is 4.81. The van der Waals surface area contributed by atoms with E-state index in [4.69, 9.17) is 4.74 Å². The van der Waals surface area contributed by atoms with E-state index in [0.717, 1.165) is 12.8 Å². The SMILES string of the molecule is COC(CCc1ccccc1)C(C)=O. The highest BCUT2D eigenvalue weighted by molar-refractivity contribution is 5.80. The molecule has 0 radical (unpaired) electrons. The van der Waals surface area contributed by atoms with Gasteiger partial charge in [0.15, 0.2) is 5.78 Å². The van der Waals surface area contributed by atoms with Crippen LogP contribution in [0.25, 0.3) is 0 Å². The Morgan fingerprint density at radius 3 is 2.50 bits per heavy atom. The van der Waals surface area contributed by atoms with Crippen molar-refractivity contribution in [2.24, 2.45) is 0 Å². The molecule has 1 atom stereocenters. The fourth-order valence-electron chi connectivity index (χ4n) is 1.43. The van der Waals surface area contributed by atoms with Crippen molar-refractivity contribution in [3.8, 4) is 0 Å². The Balaban J connectivity index is 2.44. The van der Waals surface area contributed by atoms with Crippen LogP contribution in [0.4, 0.5) is 0 Å². The quantitative estimate of drug-likeness (QED) is 0.715. The summed E-state index contributed by atoms with van der Waals surface area (Å²) >= 11 is 0. The predicted molar refractivity (Wildman–Crippen MR) is 56.2 cm³/mol. The molecule has 0 bridgehead atoms. The molecule has 0 aliphatic rings. The zero-order chi connectivity index (χ0) is 10.4. The first-order valence-electron chi connectivity index (χ1n) is 4.81. The van der Waals surface area contributed by atoms with Crippen molar-refractivity contribution in [3.63, 3.8) is 0 Å². The summed E-state index contributed by atoms with van der Waals surface area (Å²) in [5, 5.41) is 0. The Kier molecular flexibility index (Phi) is 4.33. The fraction of sp³-hybridized carbons (Fsp3) is 0.417. The second-order valence-electron chi connectivity index (χ2n) is 3.36. The molecule has 1 aromatic carbocycles. The molecule has 76 valence electrons. The van der Waals surface area contributed by atoms with E-state index in [1.165, 1.54) is 5.56 Å². The van der Waals surface area contributed by atoms with E-state index in [9.17, 15) is 4.79 Å². The smallest absolute Gasteiger partial charge is 0.158 e. The highest BCUT2D eigenvalue weighted by atomic mass is 16.5. The van der Waals surface area contributed by atoms with E-state index in [0.29, 0.717) is 0 Å². The second kappa shape index (κ2) is 5.55. The number of ether oxygens (including phenoxy) is 1. The summed E-state index contributed by atoms with van der Waals surface area (Å²) in [4.78, 5) is 11.1. The molecule has 0 amide bonds. The highest BCUT2D eigenvalue weighted by Crippen LogP contribution is 2.07. The van der Waals surface area contributed by atoms with E-state index in [2.05, 4.69) is 12.1 Å². The van der Waals surface area contributed by atoms with Gasteiger partial charge in [0.05, 0.1) is 0 Å². The molecule has 0 aliphatic carbocycles. The summed E-state index contributed by atoms with van der Waals surface area (Å²) in [6.45, 7) is 1.57. The number of hydrogen-bond donors (Lipinski definition) is 0. The van der Waals surface area contributed by atoms with E-state index < -0.39 is 0 Å². The molecule has 0 heterocycles. The number of carbonyl (C=O) groups is 1. The van der Waals surface area contributed by atoms with Gasteiger partial charge in [-0.1, -0.05) is 30.3 Å². The van der Waals surface area contributed by atoms with Crippen molar-refractivity contribution in [3.05, 3.63) is 35.9 Å². The lowest BCUT2D eigenvalue weighted by Crippen LogP contribution is -2.20. The van der Waals surface area contributed by atoms with Crippen LogP contribution in [0.1, 0.15) is 18.9 Å². The van der Waals surface area contributed by atoms with Gasteiger partial charge in [-0.2, -0.15) is 0 Å². The lowest BCUT2D eigenvalue weighted by atomic mass is 10.1. The van der Waals surface area contributed by atoms with E-state index >= 15 is 0 Å². The molecule has 0 aliphatic heterocycles. The number of methoxy groups -OCH3 is 1. The lowest BCUT2D eigenvalue weighted by Gasteiger charge is -2.11. The van der Waals surface area contributed by atoms with Crippen LogP contribution in [0.3, 0.4) is 0 Å².